The van der Waals surface area contributed by atoms with Gasteiger partial charge in [0.15, 0.2) is 0 Å². The maximum absolute atomic E-state index is 4.34. The summed E-state index contributed by atoms with van der Waals surface area (Å²) in [5.74, 6) is 0. The van der Waals surface area contributed by atoms with E-state index >= 15 is 0 Å². The third-order valence-corrected chi connectivity index (χ3v) is 2.46. The molecule has 2 N–H and O–H groups in total. The van der Waals surface area contributed by atoms with Gasteiger partial charge < -0.3 is 10.6 Å². The second-order valence-corrected chi connectivity index (χ2v) is 4.49. The van der Waals surface area contributed by atoms with Crippen molar-refractivity contribution in [1.82, 2.24) is 10.3 Å². The Bertz CT molecular complexity index is 318. The molecule has 82 valence electrons. The molecule has 0 saturated heterocycles. The summed E-state index contributed by atoms with van der Waals surface area (Å²) in [6, 6.07) is 5.38. The van der Waals surface area contributed by atoms with Crippen LogP contribution in [0.15, 0.2) is 18.3 Å². The summed E-state index contributed by atoms with van der Waals surface area (Å²) >= 11 is 0. The summed E-state index contributed by atoms with van der Waals surface area (Å²) in [4.78, 5) is 4.34. The van der Waals surface area contributed by atoms with Crippen molar-refractivity contribution < 1.29 is 0 Å². The Morgan fingerprint density at radius 2 is 2.27 bits per heavy atom. The van der Waals surface area contributed by atoms with Crippen molar-refractivity contribution in [2.24, 2.45) is 0 Å². The summed E-state index contributed by atoms with van der Waals surface area (Å²) < 4.78 is 0. The Morgan fingerprint density at radius 1 is 1.47 bits per heavy atom. The predicted molar refractivity (Wildman–Crippen MR) is 62.9 cm³/mol. The van der Waals surface area contributed by atoms with E-state index in [1.807, 2.05) is 12.3 Å². The van der Waals surface area contributed by atoms with Crippen LogP contribution < -0.4 is 10.6 Å². The molecule has 0 atom stereocenters. The molecule has 1 aromatic rings. The Kier molecular flexibility index (Phi) is 3.21. The number of pyridine rings is 1. The molecule has 3 nitrogen and oxygen atoms in total. The smallest absolute Gasteiger partial charge is 0.0562 e. The van der Waals surface area contributed by atoms with Gasteiger partial charge in [-0.15, -0.1) is 0 Å². The van der Waals surface area contributed by atoms with E-state index in [0.29, 0.717) is 12.1 Å². The quantitative estimate of drug-likeness (QED) is 0.773. The number of hydrogen-bond donors (Lipinski definition) is 2. The van der Waals surface area contributed by atoms with Gasteiger partial charge in [0, 0.05) is 30.5 Å². The van der Waals surface area contributed by atoms with Crippen molar-refractivity contribution in [3.63, 3.8) is 0 Å². The maximum Gasteiger partial charge on any atom is 0.0562 e. The lowest BCUT2D eigenvalue weighted by molar-refractivity contribution is 0.581. The van der Waals surface area contributed by atoms with Crippen LogP contribution in [0.1, 0.15) is 32.4 Å². The molecule has 3 heteroatoms. The third kappa shape index (κ3) is 3.51. The largest absolute Gasteiger partial charge is 0.382 e. The van der Waals surface area contributed by atoms with Crippen LogP contribution in [0.3, 0.4) is 0 Å². The number of anilines is 1. The van der Waals surface area contributed by atoms with Gasteiger partial charge in [-0.2, -0.15) is 0 Å². The monoisotopic (exact) mass is 205 g/mol. The molecule has 0 bridgehead atoms. The van der Waals surface area contributed by atoms with E-state index < -0.39 is 0 Å². The molecule has 1 heterocycles. The van der Waals surface area contributed by atoms with Crippen molar-refractivity contribution in [3.8, 4) is 0 Å². The second kappa shape index (κ2) is 4.62. The lowest BCUT2D eigenvalue weighted by Gasteiger charge is -2.09. The Hall–Kier alpha value is -1.09. The first-order chi connectivity index (χ1) is 7.24. The first-order valence-corrected chi connectivity index (χ1v) is 5.69. The number of aromatic nitrogens is 1. The average Bonchev–Trinajstić information content (AvgIpc) is 2.99. The van der Waals surface area contributed by atoms with E-state index in [1.165, 1.54) is 18.5 Å². The molecule has 0 amide bonds. The van der Waals surface area contributed by atoms with Gasteiger partial charge in [-0.3, -0.25) is 4.98 Å². The van der Waals surface area contributed by atoms with Gasteiger partial charge >= 0.3 is 0 Å². The lowest BCUT2D eigenvalue weighted by atomic mass is 10.3. The standard InChI is InChI=1S/C12H19N3/c1-9(2)14-8-12-7-11(5-6-13-12)15-10-3-4-10/h5-7,9-10,14H,3-4,8H2,1-2H3,(H,13,15). The van der Waals surface area contributed by atoms with Gasteiger partial charge in [-0.1, -0.05) is 13.8 Å². The van der Waals surface area contributed by atoms with Gasteiger partial charge in [0.05, 0.1) is 5.69 Å². The van der Waals surface area contributed by atoms with E-state index in [2.05, 4.69) is 35.5 Å². The van der Waals surface area contributed by atoms with E-state index in [-0.39, 0.29) is 0 Å². The molecular weight excluding hydrogens is 186 g/mol. The normalized spacial score (nSPS) is 15.7. The fourth-order valence-electron chi connectivity index (χ4n) is 1.44. The van der Waals surface area contributed by atoms with E-state index in [1.54, 1.807) is 0 Å². The van der Waals surface area contributed by atoms with Crippen LogP contribution in [-0.4, -0.2) is 17.1 Å². The Morgan fingerprint density at radius 3 is 2.93 bits per heavy atom. The summed E-state index contributed by atoms with van der Waals surface area (Å²) in [5, 5.41) is 6.84. The molecule has 0 unspecified atom stereocenters. The van der Waals surface area contributed by atoms with Crippen molar-refractivity contribution >= 4 is 5.69 Å². The van der Waals surface area contributed by atoms with Crippen LogP contribution >= 0.6 is 0 Å². The molecule has 0 aliphatic heterocycles. The van der Waals surface area contributed by atoms with Gasteiger partial charge in [0.25, 0.3) is 0 Å². The summed E-state index contributed by atoms with van der Waals surface area (Å²) in [7, 11) is 0. The summed E-state index contributed by atoms with van der Waals surface area (Å²) in [6.07, 6.45) is 4.49. The molecule has 0 radical (unpaired) electrons. The average molecular weight is 205 g/mol. The zero-order chi connectivity index (χ0) is 10.7. The SMILES string of the molecule is CC(C)NCc1cc(NC2CC2)ccn1. The highest BCUT2D eigenvalue weighted by atomic mass is 15.0. The van der Waals surface area contributed by atoms with Crippen LogP contribution in [0.2, 0.25) is 0 Å². The number of hydrogen-bond acceptors (Lipinski definition) is 3. The van der Waals surface area contributed by atoms with Crippen molar-refractivity contribution in [3.05, 3.63) is 24.0 Å². The van der Waals surface area contributed by atoms with E-state index in [4.69, 9.17) is 0 Å². The van der Waals surface area contributed by atoms with E-state index in [9.17, 15) is 0 Å². The Labute approximate surface area is 91.3 Å². The summed E-state index contributed by atoms with van der Waals surface area (Å²) in [6.45, 7) is 5.14. The highest BCUT2D eigenvalue weighted by Gasteiger charge is 2.20. The zero-order valence-corrected chi connectivity index (χ0v) is 9.46. The lowest BCUT2D eigenvalue weighted by Crippen LogP contribution is -2.22. The fraction of sp³-hybridized carbons (Fsp3) is 0.583. The second-order valence-electron chi connectivity index (χ2n) is 4.49. The molecule has 2 rings (SSSR count). The topological polar surface area (TPSA) is 37.0 Å². The fourth-order valence-corrected chi connectivity index (χ4v) is 1.44. The van der Waals surface area contributed by atoms with Crippen molar-refractivity contribution in [2.75, 3.05) is 5.32 Å². The molecule has 1 aromatic heterocycles. The van der Waals surface area contributed by atoms with Crippen LogP contribution in [0, 0.1) is 0 Å². The minimum Gasteiger partial charge on any atom is -0.382 e. The van der Waals surface area contributed by atoms with Gasteiger partial charge in [0.1, 0.15) is 0 Å². The number of rotatable bonds is 5. The van der Waals surface area contributed by atoms with Gasteiger partial charge in [-0.05, 0) is 25.0 Å². The molecule has 1 saturated carbocycles. The van der Waals surface area contributed by atoms with Crippen LogP contribution in [-0.2, 0) is 6.54 Å². The van der Waals surface area contributed by atoms with Crippen LogP contribution in [0.4, 0.5) is 5.69 Å². The highest BCUT2D eigenvalue weighted by molar-refractivity contribution is 5.45. The molecule has 0 aromatic carbocycles. The third-order valence-electron chi connectivity index (χ3n) is 2.46. The zero-order valence-electron chi connectivity index (χ0n) is 9.46. The summed E-state index contributed by atoms with van der Waals surface area (Å²) in [5.41, 5.74) is 2.31. The Balaban J connectivity index is 1.92. The molecule has 15 heavy (non-hydrogen) atoms. The van der Waals surface area contributed by atoms with Crippen molar-refractivity contribution in [2.45, 2.75) is 45.3 Å². The predicted octanol–water partition coefficient (Wildman–Crippen LogP) is 2.15. The molecule has 1 aliphatic rings. The molecule has 1 aliphatic carbocycles. The van der Waals surface area contributed by atoms with Gasteiger partial charge in [0.2, 0.25) is 0 Å². The van der Waals surface area contributed by atoms with Gasteiger partial charge in [-0.25, -0.2) is 0 Å². The first kappa shape index (κ1) is 10.4. The number of nitrogens with one attached hydrogen (secondary N) is 2. The molecular formula is C12H19N3. The minimum absolute atomic E-state index is 0.506. The van der Waals surface area contributed by atoms with E-state index in [0.717, 1.165) is 12.2 Å². The number of nitrogens with zero attached hydrogens (tertiary/aromatic N) is 1. The van der Waals surface area contributed by atoms with Crippen LogP contribution in [0.25, 0.3) is 0 Å². The highest BCUT2D eigenvalue weighted by Crippen LogP contribution is 2.24. The minimum atomic E-state index is 0.506. The molecule has 0 spiro atoms. The molecule has 1 fully saturated rings. The maximum atomic E-state index is 4.34. The first-order valence-electron chi connectivity index (χ1n) is 5.69. The van der Waals surface area contributed by atoms with Crippen molar-refractivity contribution in [1.29, 1.82) is 0 Å². The van der Waals surface area contributed by atoms with Crippen LogP contribution in [0.5, 0.6) is 0 Å².